The number of piperazine rings is 1. The van der Waals surface area contributed by atoms with E-state index < -0.39 is 25.2 Å². The summed E-state index contributed by atoms with van der Waals surface area (Å²) < 4.78 is 50.0. The van der Waals surface area contributed by atoms with Gasteiger partial charge in [0.25, 0.3) is 0 Å². The van der Waals surface area contributed by atoms with Crippen LogP contribution >= 0.6 is 0 Å². The average Bonchev–Trinajstić information content (AvgIpc) is 3.10. The van der Waals surface area contributed by atoms with Gasteiger partial charge in [0.05, 0.1) is 21.0 Å². The Morgan fingerprint density at radius 1 is 1.12 bits per heavy atom. The van der Waals surface area contributed by atoms with Crippen LogP contribution in [0.4, 0.5) is 0 Å². The Hall–Kier alpha value is -2.77. The predicted molar refractivity (Wildman–Crippen MR) is 125 cm³/mol. The molecule has 1 unspecified atom stereocenters. The molecule has 1 fully saturated rings. The zero-order chi connectivity index (χ0) is 24.0. The number of likely N-dealkylation sites (N-methyl/N-ethyl adjacent to an activating group) is 1. The van der Waals surface area contributed by atoms with E-state index in [-0.39, 0.29) is 26.9 Å². The van der Waals surface area contributed by atoms with Gasteiger partial charge < -0.3 is 15.0 Å². The van der Waals surface area contributed by atoms with Gasteiger partial charge in [0.15, 0.2) is 15.7 Å². The molecular weight excluding hydrogens is 466 g/mol. The minimum absolute atomic E-state index is 0.0274. The van der Waals surface area contributed by atoms with Crippen molar-refractivity contribution in [1.82, 2.24) is 19.8 Å². The lowest BCUT2D eigenvalue weighted by Gasteiger charge is -2.36. The molecule has 3 heterocycles. The number of nitrogens with two attached hydrogens (primary N) is 1. The van der Waals surface area contributed by atoms with E-state index >= 15 is 0 Å². The summed E-state index contributed by atoms with van der Waals surface area (Å²) in [5.41, 5.74) is 1.01. The molecule has 1 aliphatic rings. The van der Waals surface area contributed by atoms with Gasteiger partial charge in [-0.2, -0.15) is 0 Å². The molecule has 4 N–H and O–H groups in total. The van der Waals surface area contributed by atoms with Crippen molar-refractivity contribution >= 4 is 30.8 Å². The van der Waals surface area contributed by atoms with Gasteiger partial charge in [-0.1, -0.05) is 6.08 Å². The summed E-state index contributed by atoms with van der Waals surface area (Å²) in [6.07, 6.45) is 2.66. The van der Waals surface area contributed by atoms with Crippen molar-refractivity contribution in [3.05, 3.63) is 49.2 Å². The van der Waals surface area contributed by atoms with Crippen LogP contribution in [0.15, 0.2) is 59.0 Å². The number of fused-ring (bicyclic) bond motifs is 1. The monoisotopic (exact) mass is 491 g/mol. The fourth-order valence-electron chi connectivity index (χ4n) is 3.98. The molecule has 2 aromatic heterocycles. The summed E-state index contributed by atoms with van der Waals surface area (Å²) in [7, 11) is -5.73. The highest BCUT2D eigenvalue weighted by atomic mass is 32.2. The molecule has 12 heteroatoms. The Morgan fingerprint density at radius 2 is 1.79 bits per heavy atom. The van der Waals surface area contributed by atoms with E-state index in [9.17, 15) is 21.9 Å². The van der Waals surface area contributed by atoms with Crippen LogP contribution in [0.1, 0.15) is 0 Å². The molecule has 1 saturated heterocycles. The second kappa shape index (κ2) is 8.54. The minimum Gasteiger partial charge on any atom is -0.494 e. The van der Waals surface area contributed by atoms with Crippen molar-refractivity contribution in [2.75, 3.05) is 33.2 Å². The molecule has 0 amide bonds. The van der Waals surface area contributed by atoms with Crippen LogP contribution in [0.2, 0.25) is 0 Å². The lowest BCUT2D eigenvalue weighted by molar-refractivity contribution is 0.154. The van der Waals surface area contributed by atoms with E-state index in [0.717, 1.165) is 13.1 Å². The van der Waals surface area contributed by atoms with Crippen molar-refractivity contribution in [2.24, 2.45) is 5.14 Å². The first-order valence-corrected chi connectivity index (χ1v) is 13.2. The predicted octanol–water partition coefficient (Wildman–Crippen LogP) is 1.12. The Kier molecular flexibility index (Phi) is 6.05. The third kappa shape index (κ3) is 4.39. The summed E-state index contributed by atoms with van der Waals surface area (Å²) in [5.74, 6) is -0.221. The van der Waals surface area contributed by atoms with Crippen molar-refractivity contribution in [3.63, 3.8) is 0 Å². The normalized spacial score (nSPS) is 17.3. The quantitative estimate of drug-likeness (QED) is 0.434. The maximum atomic E-state index is 13.3. The van der Waals surface area contributed by atoms with Gasteiger partial charge in [-0.3, -0.25) is 9.88 Å². The summed E-state index contributed by atoms with van der Waals surface area (Å²) in [6, 6.07) is 7.05. The topological polar surface area (TPSA) is 150 Å². The number of primary sulfonamides is 1. The fourth-order valence-corrected chi connectivity index (χ4v) is 6.11. The molecule has 176 valence electrons. The first-order valence-electron chi connectivity index (χ1n) is 10.2. The highest BCUT2D eigenvalue weighted by Crippen LogP contribution is 2.37. The van der Waals surface area contributed by atoms with E-state index in [4.69, 9.17) is 5.14 Å². The molecule has 0 aliphatic carbocycles. The Bertz CT molecular complexity index is 1410. The molecular formula is C21H25N5O5S2. The summed E-state index contributed by atoms with van der Waals surface area (Å²) in [5, 5.41) is 15.1. The van der Waals surface area contributed by atoms with Gasteiger partial charge in [0, 0.05) is 43.3 Å². The minimum atomic E-state index is -3.95. The van der Waals surface area contributed by atoms with E-state index in [0.29, 0.717) is 24.0 Å². The number of sulfone groups is 1. The molecule has 33 heavy (non-hydrogen) atoms. The number of aromatic nitrogens is 2. The van der Waals surface area contributed by atoms with E-state index in [1.165, 1.54) is 42.6 Å². The number of aromatic amines is 1. The number of H-pyrrole nitrogens is 1. The van der Waals surface area contributed by atoms with Gasteiger partial charge in [0.1, 0.15) is 5.37 Å². The van der Waals surface area contributed by atoms with Gasteiger partial charge in [-0.25, -0.2) is 22.0 Å². The zero-order valence-electron chi connectivity index (χ0n) is 18.0. The van der Waals surface area contributed by atoms with Gasteiger partial charge in [0.2, 0.25) is 10.0 Å². The maximum Gasteiger partial charge on any atom is 0.238 e. The standard InChI is InChI=1S/C21H25N5O5S2/c1-3-19(26-10-8-25(2)9-11-26)32(28,29)15-5-7-18(23-13-15)20-16-12-14(33(22,30)31)4-6-17(16)24-21(20)27/h3-7,12-13,19,24,27H,1,8-11H2,2H3,(H2,22,30,31). The lowest BCUT2D eigenvalue weighted by Crippen LogP contribution is -2.50. The molecule has 0 bridgehead atoms. The Labute approximate surface area is 192 Å². The SMILES string of the molecule is C=CC(N1CCN(C)CC1)S(=O)(=O)c1ccc(-c2c(O)[nH]c3ccc(S(N)(=O)=O)cc23)nc1. The van der Waals surface area contributed by atoms with Crippen molar-refractivity contribution in [2.45, 2.75) is 15.2 Å². The van der Waals surface area contributed by atoms with Crippen LogP contribution < -0.4 is 5.14 Å². The second-order valence-corrected chi connectivity index (χ2v) is 11.6. The summed E-state index contributed by atoms with van der Waals surface area (Å²) in [6.45, 7) is 6.46. The van der Waals surface area contributed by atoms with Crippen molar-refractivity contribution in [3.8, 4) is 17.1 Å². The van der Waals surface area contributed by atoms with E-state index in [2.05, 4.69) is 21.4 Å². The number of rotatable bonds is 6. The molecule has 3 aromatic rings. The molecule has 4 rings (SSSR count). The lowest BCUT2D eigenvalue weighted by atomic mass is 10.1. The third-order valence-electron chi connectivity index (χ3n) is 5.82. The summed E-state index contributed by atoms with van der Waals surface area (Å²) in [4.78, 5) is 10.9. The molecule has 0 radical (unpaired) electrons. The molecule has 10 nitrogen and oxygen atoms in total. The Balaban J connectivity index is 1.70. The fraction of sp³-hybridized carbons (Fsp3) is 0.286. The van der Waals surface area contributed by atoms with Crippen LogP contribution in [0.5, 0.6) is 5.88 Å². The number of pyridine rings is 1. The molecule has 0 spiro atoms. The van der Waals surface area contributed by atoms with Gasteiger partial charge >= 0.3 is 0 Å². The highest BCUT2D eigenvalue weighted by Gasteiger charge is 2.32. The molecule has 1 aliphatic heterocycles. The maximum absolute atomic E-state index is 13.3. The first-order chi connectivity index (χ1) is 15.5. The number of hydrogen-bond acceptors (Lipinski definition) is 8. The number of nitrogens with one attached hydrogen (secondary N) is 1. The van der Waals surface area contributed by atoms with Crippen molar-refractivity contribution in [1.29, 1.82) is 0 Å². The van der Waals surface area contributed by atoms with Gasteiger partial charge in [-0.05, 0) is 37.4 Å². The van der Waals surface area contributed by atoms with Crippen LogP contribution in [0.25, 0.3) is 22.2 Å². The van der Waals surface area contributed by atoms with Crippen LogP contribution in [-0.2, 0) is 19.9 Å². The smallest absolute Gasteiger partial charge is 0.238 e. The number of aromatic hydroxyl groups is 1. The zero-order valence-corrected chi connectivity index (χ0v) is 19.6. The third-order valence-corrected chi connectivity index (χ3v) is 8.75. The van der Waals surface area contributed by atoms with Crippen LogP contribution in [-0.4, -0.2) is 80.3 Å². The van der Waals surface area contributed by atoms with E-state index in [1.54, 1.807) is 0 Å². The van der Waals surface area contributed by atoms with Crippen molar-refractivity contribution < 1.29 is 21.9 Å². The molecule has 1 atom stereocenters. The average molecular weight is 492 g/mol. The second-order valence-electron chi connectivity index (χ2n) is 7.99. The number of sulfonamides is 1. The first kappa shape index (κ1) is 23.4. The highest BCUT2D eigenvalue weighted by molar-refractivity contribution is 7.92. The van der Waals surface area contributed by atoms with Gasteiger partial charge in [-0.15, -0.1) is 6.58 Å². The Morgan fingerprint density at radius 3 is 2.36 bits per heavy atom. The molecule has 1 aromatic carbocycles. The summed E-state index contributed by atoms with van der Waals surface area (Å²) >= 11 is 0. The largest absolute Gasteiger partial charge is 0.494 e. The van der Waals surface area contributed by atoms with E-state index in [1.807, 2.05) is 11.9 Å². The van der Waals surface area contributed by atoms with Crippen LogP contribution in [0.3, 0.4) is 0 Å². The molecule has 0 saturated carbocycles. The number of nitrogens with zero attached hydrogens (tertiary/aromatic N) is 3. The number of hydrogen-bond donors (Lipinski definition) is 3. The van der Waals surface area contributed by atoms with Crippen LogP contribution in [0, 0.1) is 0 Å². The number of benzene rings is 1.